The molecule has 0 aliphatic carbocycles. The van der Waals surface area contributed by atoms with Gasteiger partial charge in [-0.3, -0.25) is 4.79 Å². The van der Waals surface area contributed by atoms with Crippen LogP contribution in [-0.2, 0) is 9.53 Å². The highest BCUT2D eigenvalue weighted by molar-refractivity contribution is 6.40. The van der Waals surface area contributed by atoms with Crippen LogP contribution in [0.3, 0.4) is 0 Å². The van der Waals surface area contributed by atoms with E-state index in [1.165, 1.54) is 13.2 Å². The number of ketones is 1. The number of carbonyl (C=O) groups excluding carboxylic acids is 2. The molecule has 0 fully saturated rings. The molecule has 0 aliphatic heterocycles. The second-order valence-electron chi connectivity index (χ2n) is 3.03. The normalized spacial score (nSPS) is 9.69. The van der Waals surface area contributed by atoms with Crippen molar-refractivity contribution in [2.75, 3.05) is 13.7 Å². The lowest BCUT2D eigenvalue weighted by Gasteiger charge is -2.05. The molecule has 0 radical (unpaired) electrons. The molecule has 0 N–H and O–H groups in total. The summed E-state index contributed by atoms with van der Waals surface area (Å²) in [4.78, 5) is 26.6. The van der Waals surface area contributed by atoms with Crippen molar-refractivity contribution >= 4 is 11.8 Å². The van der Waals surface area contributed by atoms with Gasteiger partial charge in [0, 0.05) is 0 Å². The van der Waals surface area contributed by atoms with Crippen LogP contribution >= 0.6 is 0 Å². The summed E-state index contributed by atoms with van der Waals surface area (Å²) in [5.41, 5.74) is 0.620. The molecule has 0 aliphatic rings. The van der Waals surface area contributed by atoms with E-state index < -0.39 is 11.8 Å². The van der Waals surface area contributed by atoms with Crippen molar-refractivity contribution < 1.29 is 19.1 Å². The van der Waals surface area contributed by atoms with Crippen LogP contribution in [0.4, 0.5) is 0 Å². The number of rotatable bonds is 4. The number of aromatic nitrogens is 1. The van der Waals surface area contributed by atoms with Crippen LogP contribution in [0.1, 0.15) is 23.1 Å². The molecule has 5 heteroatoms. The van der Waals surface area contributed by atoms with Gasteiger partial charge >= 0.3 is 5.97 Å². The highest BCUT2D eigenvalue weighted by Crippen LogP contribution is 2.15. The van der Waals surface area contributed by atoms with Crippen LogP contribution in [0.25, 0.3) is 0 Å². The van der Waals surface area contributed by atoms with E-state index in [1.807, 2.05) is 0 Å². The lowest BCUT2D eigenvalue weighted by atomic mass is 10.2. The van der Waals surface area contributed by atoms with Gasteiger partial charge in [-0.1, -0.05) is 0 Å². The Labute approximate surface area is 93.4 Å². The monoisotopic (exact) mass is 223 g/mol. The van der Waals surface area contributed by atoms with Crippen molar-refractivity contribution in [3.8, 4) is 5.75 Å². The van der Waals surface area contributed by atoms with Crippen molar-refractivity contribution in [3.63, 3.8) is 0 Å². The van der Waals surface area contributed by atoms with E-state index in [-0.39, 0.29) is 12.3 Å². The van der Waals surface area contributed by atoms with E-state index in [1.54, 1.807) is 19.9 Å². The van der Waals surface area contributed by atoms with Gasteiger partial charge in [-0.05, 0) is 26.0 Å². The zero-order chi connectivity index (χ0) is 12.1. The maximum atomic E-state index is 11.5. The van der Waals surface area contributed by atoms with E-state index in [0.29, 0.717) is 11.4 Å². The van der Waals surface area contributed by atoms with Crippen LogP contribution in [0.5, 0.6) is 5.75 Å². The zero-order valence-electron chi connectivity index (χ0n) is 9.44. The molecule has 0 atom stereocenters. The Kier molecular flexibility index (Phi) is 3.99. The third-order valence-corrected chi connectivity index (χ3v) is 1.95. The Balaban J connectivity index is 2.93. The van der Waals surface area contributed by atoms with Gasteiger partial charge in [0.1, 0.15) is 11.4 Å². The zero-order valence-corrected chi connectivity index (χ0v) is 9.44. The van der Waals surface area contributed by atoms with Crippen LogP contribution < -0.4 is 4.74 Å². The molecule has 0 spiro atoms. The molecule has 5 nitrogen and oxygen atoms in total. The van der Waals surface area contributed by atoms with Crippen LogP contribution in [0.2, 0.25) is 0 Å². The number of esters is 1. The fraction of sp³-hybridized carbons (Fsp3) is 0.364. The Morgan fingerprint density at radius 2 is 2.06 bits per heavy atom. The van der Waals surface area contributed by atoms with Crippen LogP contribution in [0.15, 0.2) is 12.1 Å². The van der Waals surface area contributed by atoms with E-state index in [2.05, 4.69) is 9.72 Å². The summed E-state index contributed by atoms with van der Waals surface area (Å²) in [7, 11) is 1.51. The molecule has 1 aromatic rings. The fourth-order valence-corrected chi connectivity index (χ4v) is 1.19. The van der Waals surface area contributed by atoms with E-state index >= 15 is 0 Å². The largest absolute Gasteiger partial charge is 0.495 e. The predicted molar refractivity (Wildman–Crippen MR) is 56.5 cm³/mol. The molecule has 86 valence electrons. The molecule has 1 heterocycles. The molecule has 1 aromatic heterocycles. The first-order chi connectivity index (χ1) is 7.60. The Morgan fingerprint density at radius 1 is 1.38 bits per heavy atom. The Bertz CT molecular complexity index is 414. The minimum Gasteiger partial charge on any atom is -0.495 e. The van der Waals surface area contributed by atoms with Crippen molar-refractivity contribution in [1.82, 2.24) is 4.98 Å². The molecule has 16 heavy (non-hydrogen) atoms. The van der Waals surface area contributed by atoms with Gasteiger partial charge in [-0.15, -0.1) is 0 Å². The molecular formula is C11H13NO4. The first kappa shape index (κ1) is 12.2. The lowest BCUT2D eigenvalue weighted by Crippen LogP contribution is -2.19. The highest BCUT2D eigenvalue weighted by atomic mass is 16.5. The standard InChI is InChI=1S/C11H13NO4/c1-4-16-11(14)10(13)8-5-6-9(15-3)7(2)12-8/h5-6H,4H2,1-3H3. The van der Waals surface area contributed by atoms with Gasteiger partial charge in [-0.25, -0.2) is 9.78 Å². The number of hydrogen-bond donors (Lipinski definition) is 0. The summed E-state index contributed by atoms with van der Waals surface area (Å²) in [5.74, 6) is -1.06. The van der Waals surface area contributed by atoms with Crippen molar-refractivity contribution in [3.05, 3.63) is 23.5 Å². The molecule has 0 unspecified atom stereocenters. The highest BCUT2D eigenvalue weighted by Gasteiger charge is 2.19. The van der Waals surface area contributed by atoms with E-state index in [0.717, 1.165) is 0 Å². The van der Waals surface area contributed by atoms with Gasteiger partial charge in [0.25, 0.3) is 5.78 Å². The third kappa shape index (κ3) is 2.56. The fourth-order valence-electron chi connectivity index (χ4n) is 1.19. The van der Waals surface area contributed by atoms with Crippen molar-refractivity contribution in [2.45, 2.75) is 13.8 Å². The van der Waals surface area contributed by atoms with Gasteiger partial charge in [0.2, 0.25) is 0 Å². The number of pyridine rings is 1. The number of carbonyl (C=O) groups is 2. The minimum atomic E-state index is -0.889. The Morgan fingerprint density at radius 3 is 2.56 bits per heavy atom. The average molecular weight is 223 g/mol. The molecule has 0 saturated heterocycles. The summed E-state index contributed by atoms with van der Waals surface area (Å²) < 4.78 is 9.59. The molecule has 0 bridgehead atoms. The summed E-state index contributed by atoms with van der Waals surface area (Å²) >= 11 is 0. The van der Waals surface area contributed by atoms with Gasteiger partial charge in [0.15, 0.2) is 0 Å². The number of Topliss-reactive ketones (excluding diaryl/α,β-unsaturated/α-hetero) is 1. The predicted octanol–water partition coefficient (Wildman–Crippen LogP) is 1.14. The summed E-state index contributed by atoms with van der Waals surface area (Å²) in [6.07, 6.45) is 0. The first-order valence-corrected chi connectivity index (χ1v) is 4.83. The summed E-state index contributed by atoms with van der Waals surface area (Å²) in [6, 6.07) is 3.03. The number of aryl methyl sites for hydroxylation is 1. The number of nitrogens with zero attached hydrogens (tertiary/aromatic N) is 1. The van der Waals surface area contributed by atoms with Crippen LogP contribution in [0, 0.1) is 6.92 Å². The molecular weight excluding hydrogens is 210 g/mol. The molecule has 1 rings (SSSR count). The quantitative estimate of drug-likeness (QED) is 0.435. The maximum absolute atomic E-state index is 11.5. The van der Waals surface area contributed by atoms with Gasteiger partial charge in [-0.2, -0.15) is 0 Å². The average Bonchev–Trinajstić information content (AvgIpc) is 2.28. The van der Waals surface area contributed by atoms with Crippen LogP contribution in [-0.4, -0.2) is 30.5 Å². The number of methoxy groups -OCH3 is 1. The van der Waals surface area contributed by atoms with Gasteiger partial charge in [0.05, 0.1) is 19.4 Å². The second-order valence-corrected chi connectivity index (χ2v) is 3.03. The van der Waals surface area contributed by atoms with E-state index in [4.69, 9.17) is 4.74 Å². The topological polar surface area (TPSA) is 65.5 Å². The summed E-state index contributed by atoms with van der Waals surface area (Å²) in [6.45, 7) is 3.50. The van der Waals surface area contributed by atoms with Gasteiger partial charge < -0.3 is 9.47 Å². The first-order valence-electron chi connectivity index (χ1n) is 4.83. The number of hydrogen-bond acceptors (Lipinski definition) is 5. The SMILES string of the molecule is CCOC(=O)C(=O)c1ccc(OC)c(C)n1. The summed E-state index contributed by atoms with van der Waals surface area (Å²) in [5, 5.41) is 0. The molecule has 0 amide bonds. The Hall–Kier alpha value is -1.91. The maximum Gasteiger partial charge on any atom is 0.381 e. The third-order valence-electron chi connectivity index (χ3n) is 1.95. The minimum absolute atomic E-state index is 0.0664. The second kappa shape index (κ2) is 5.25. The molecule has 0 saturated carbocycles. The number of ether oxygens (including phenoxy) is 2. The van der Waals surface area contributed by atoms with Crippen molar-refractivity contribution in [2.24, 2.45) is 0 Å². The lowest BCUT2D eigenvalue weighted by molar-refractivity contribution is -0.137. The van der Waals surface area contributed by atoms with E-state index in [9.17, 15) is 9.59 Å². The smallest absolute Gasteiger partial charge is 0.381 e. The molecule has 0 aromatic carbocycles. The van der Waals surface area contributed by atoms with Crippen molar-refractivity contribution in [1.29, 1.82) is 0 Å².